The molecule has 0 aliphatic carbocycles. The maximum Gasteiger partial charge on any atom is 0.230 e. The number of carbonyl (C=O) groups excluding carboxylic acids is 1. The number of phenols is 1. The average Bonchev–Trinajstić information content (AvgIpc) is 2.39. The molecule has 0 aliphatic heterocycles. The van der Waals surface area contributed by atoms with E-state index in [2.05, 4.69) is 0 Å². The van der Waals surface area contributed by atoms with Crippen LogP contribution in [0.5, 0.6) is 5.75 Å². The lowest BCUT2D eigenvalue weighted by Crippen LogP contribution is -2.20. The van der Waals surface area contributed by atoms with E-state index in [9.17, 15) is 14.1 Å². The van der Waals surface area contributed by atoms with Gasteiger partial charge in [0.05, 0.1) is 0 Å². The van der Waals surface area contributed by atoms with Crippen molar-refractivity contribution in [1.29, 1.82) is 0 Å². The van der Waals surface area contributed by atoms with Crippen molar-refractivity contribution in [3.05, 3.63) is 54.1 Å². The molecule has 0 unspecified atom stereocenters. The molecule has 2 aromatic rings. The van der Waals surface area contributed by atoms with Gasteiger partial charge in [0, 0.05) is 16.6 Å². The van der Waals surface area contributed by atoms with Gasteiger partial charge in [0.2, 0.25) is 5.91 Å². The minimum Gasteiger partial charge on any atom is -0.508 e. The third kappa shape index (κ3) is 3.68. The molecular weight excluding hydrogens is 274 g/mol. The molecule has 0 fully saturated rings. The molecule has 0 aliphatic rings. The van der Waals surface area contributed by atoms with Crippen LogP contribution in [0.15, 0.2) is 48.5 Å². The number of aromatic hydroxyl groups is 1. The zero-order valence-corrected chi connectivity index (χ0v) is 11.6. The second-order valence-electron chi connectivity index (χ2n) is 4.40. The summed E-state index contributed by atoms with van der Waals surface area (Å²) in [5, 5.41) is 9.32. The fourth-order valence-corrected chi connectivity index (χ4v) is 2.97. The van der Waals surface area contributed by atoms with Crippen molar-refractivity contribution in [3.63, 3.8) is 0 Å². The summed E-state index contributed by atoms with van der Waals surface area (Å²) >= 11 is 0. The van der Waals surface area contributed by atoms with Gasteiger partial charge in [-0.2, -0.15) is 0 Å². The number of phenolic OH excluding ortho intramolecular Hbond substituents is 1. The van der Waals surface area contributed by atoms with Gasteiger partial charge in [-0.05, 0) is 28.8 Å². The van der Waals surface area contributed by atoms with Gasteiger partial charge in [-0.3, -0.25) is 9.00 Å². The van der Waals surface area contributed by atoms with Crippen LogP contribution in [0.2, 0.25) is 0 Å². The molecule has 3 N–H and O–H groups in total. The fourth-order valence-electron chi connectivity index (χ4n) is 1.95. The lowest BCUT2D eigenvalue weighted by atomic mass is 10.0. The van der Waals surface area contributed by atoms with Crippen molar-refractivity contribution in [3.8, 4) is 16.9 Å². The summed E-state index contributed by atoms with van der Waals surface area (Å²) in [6.07, 6.45) is 0. The maximum absolute atomic E-state index is 11.8. The highest BCUT2D eigenvalue weighted by Gasteiger charge is 2.10. The quantitative estimate of drug-likeness (QED) is 0.880. The molecule has 0 bridgehead atoms. The molecule has 104 valence electrons. The van der Waals surface area contributed by atoms with Crippen molar-refractivity contribution in [1.82, 2.24) is 0 Å². The Morgan fingerprint density at radius 3 is 2.40 bits per heavy atom. The highest BCUT2D eigenvalue weighted by Crippen LogP contribution is 2.26. The molecule has 1 amide bonds. The lowest BCUT2D eigenvalue weighted by molar-refractivity contribution is -0.115. The van der Waals surface area contributed by atoms with E-state index in [1.807, 2.05) is 24.3 Å². The molecule has 2 rings (SSSR count). The van der Waals surface area contributed by atoms with Crippen LogP contribution in [0.1, 0.15) is 5.56 Å². The Morgan fingerprint density at radius 2 is 1.75 bits per heavy atom. The number of hydrogen-bond acceptors (Lipinski definition) is 3. The van der Waals surface area contributed by atoms with Crippen molar-refractivity contribution in [2.45, 2.75) is 5.75 Å². The summed E-state index contributed by atoms with van der Waals surface area (Å²) in [5.41, 5.74) is 7.80. The molecule has 0 saturated carbocycles. The number of hydrogen-bond donors (Lipinski definition) is 2. The van der Waals surface area contributed by atoms with E-state index < -0.39 is 16.7 Å². The van der Waals surface area contributed by atoms with Gasteiger partial charge < -0.3 is 10.8 Å². The molecule has 0 heterocycles. The number of rotatable bonds is 5. The van der Waals surface area contributed by atoms with Gasteiger partial charge in [-0.1, -0.05) is 36.4 Å². The second-order valence-corrected chi connectivity index (χ2v) is 5.86. The average molecular weight is 289 g/mol. The Kier molecular flexibility index (Phi) is 4.53. The zero-order valence-electron chi connectivity index (χ0n) is 10.8. The molecule has 2 aromatic carbocycles. The minimum atomic E-state index is -1.31. The summed E-state index contributed by atoms with van der Waals surface area (Å²) in [5.74, 6) is -0.224. The third-order valence-electron chi connectivity index (χ3n) is 2.82. The molecule has 1 atom stereocenters. The molecule has 4 nitrogen and oxygen atoms in total. The van der Waals surface area contributed by atoms with Crippen LogP contribution in [-0.2, 0) is 21.3 Å². The first kappa shape index (κ1) is 14.3. The molecule has 0 saturated heterocycles. The first-order valence-electron chi connectivity index (χ1n) is 6.07. The van der Waals surface area contributed by atoms with Crippen LogP contribution in [0.4, 0.5) is 0 Å². The van der Waals surface area contributed by atoms with Gasteiger partial charge in [0.25, 0.3) is 0 Å². The highest BCUT2D eigenvalue weighted by atomic mass is 32.2. The van der Waals surface area contributed by atoms with Crippen LogP contribution in [0, 0.1) is 0 Å². The SMILES string of the molecule is NC(=O)C[S@](=O)Cc1ccccc1-c1ccc(O)cc1. The van der Waals surface area contributed by atoms with Crippen LogP contribution in [-0.4, -0.2) is 21.0 Å². The van der Waals surface area contributed by atoms with E-state index in [1.54, 1.807) is 24.3 Å². The molecular formula is C15H15NO3S. The number of primary amides is 1. The van der Waals surface area contributed by atoms with Gasteiger partial charge in [-0.25, -0.2) is 0 Å². The summed E-state index contributed by atoms with van der Waals surface area (Å²) < 4.78 is 11.8. The Labute approximate surface area is 119 Å². The molecule has 0 spiro atoms. The normalized spacial score (nSPS) is 12.0. The van der Waals surface area contributed by atoms with Gasteiger partial charge in [0.1, 0.15) is 11.5 Å². The number of nitrogens with two attached hydrogens (primary N) is 1. The predicted molar refractivity (Wildman–Crippen MR) is 79.5 cm³/mol. The smallest absolute Gasteiger partial charge is 0.230 e. The lowest BCUT2D eigenvalue weighted by Gasteiger charge is -2.09. The Bertz CT molecular complexity index is 638. The van der Waals surface area contributed by atoms with E-state index in [4.69, 9.17) is 5.73 Å². The minimum absolute atomic E-state index is 0.135. The van der Waals surface area contributed by atoms with Crippen molar-refractivity contribution in [2.24, 2.45) is 5.73 Å². The monoisotopic (exact) mass is 289 g/mol. The summed E-state index contributed by atoms with van der Waals surface area (Å²) in [4.78, 5) is 10.8. The first-order valence-corrected chi connectivity index (χ1v) is 7.55. The van der Waals surface area contributed by atoms with Crippen molar-refractivity contribution >= 4 is 16.7 Å². The Balaban J connectivity index is 2.28. The molecule has 5 heteroatoms. The first-order chi connectivity index (χ1) is 9.56. The number of amides is 1. The van der Waals surface area contributed by atoms with Crippen LogP contribution in [0.25, 0.3) is 11.1 Å². The van der Waals surface area contributed by atoms with Gasteiger partial charge in [0.15, 0.2) is 0 Å². The van der Waals surface area contributed by atoms with Crippen molar-refractivity contribution in [2.75, 3.05) is 5.75 Å². The van der Waals surface area contributed by atoms with Gasteiger partial charge in [-0.15, -0.1) is 0 Å². The maximum atomic E-state index is 11.8. The van der Waals surface area contributed by atoms with E-state index in [0.29, 0.717) is 0 Å². The van der Waals surface area contributed by atoms with Crippen LogP contribution in [0.3, 0.4) is 0 Å². The number of carbonyl (C=O) groups is 1. The summed E-state index contributed by atoms with van der Waals surface area (Å²) in [7, 11) is -1.31. The van der Waals surface area contributed by atoms with E-state index in [-0.39, 0.29) is 17.3 Å². The topological polar surface area (TPSA) is 80.4 Å². The largest absolute Gasteiger partial charge is 0.508 e. The third-order valence-corrected chi connectivity index (χ3v) is 4.05. The second kappa shape index (κ2) is 6.34. The zero-order chi connectivity index (χ0) is 14.5. The highest BCUT2D eigenvalue weighted by molar-refractivity contribution is 7.84. The molecule has 0 radical (unpaired) electrons. The van der Waals surface area contributed by atoms with Crippen LogP contribution < -0.4 is 5.73 Å². The van der Waals surface area contributed by atoms with E-state index in [0.717, 1.165) is 16.7 Å². The molecule has 0 aromatic heterocycles. The number of benzene rings is 2. The van der Waals surface area contributed by atoms with Crippen LogP contribution >= 0.6 is 0 Å². The summed E-state index contributed by atoms with van der Waals surface area (Å²) in [6.45, 7) is 0. The Hall–Kier alpha value is -2.14. The summed E-state index contributed by atoms with van der Waals surface area (Å²) in [6, 6.07) is 14.4. The van der Waals surface area contributed by atoms with E-state index in [1.165, 1.54) is 0 Å². The fraction of sp³-hybridized carbons (Fsp3) is 0.133. The van der Waals surface area contributed by atoms with Crippen molar-refractivity contribution < 1.29 is 14.1 Å². The van der Waals surface area contributed by atoms with E-state index >= 15 is 0 Å². The predicted octanol–water partition coefficient (Wildman–Crippen LogP) is 1.79. The Morgan fingerprint density at radius 1 is 1.10 bits per heavy atom. The van der Waals surface area contributed by atoms with Gasteiger partial charge >= 0.3 is 0 Å². The molecule has 20 heavy (non-hydrogen) atoms. The standard InChI is InChI=1S/C15H15NO3S/c16-15(18)10-20(19)9-12-3-1-2-4-14(12)11-5-7-13(17)8-6-11/h1-8,17H,9-10H2,(H2,16,18)/t20-/m1/s1.